The van der Waals surface area contributed by atoms with Gasteiger partial charge in [-0.05, 0) is 37.1 Å². The Morgan fingerprint density at radius 2 is 1.42 bits per heavy atom. The summed E-state index contributed by atoms with van der Waals surface area (Å²) in [6, 6.07) is 6.53. The fourth-order valence-corrected chi connectivity index (χ4v) is 3.09. The van der Waals surface area contributed by atoms with Crippen LogP contribution in [0.25, 0.3) is 0 Å². The number of aromatic nitrogens is 2. The number of fused-ring (bicyclic) bond motifs is 1. The van der Waals surface area contributed by atoms with Gasteiger partial charge >= 0.3 is 0 Å². The van der Waals surface area contributed by atoms with Crippen LogP contribution in [-0.2, 0) is 0 Å². The largest absolute Gasteiger partial charge is 0.339 e. The van der Waals surface area contributed by atoms with E-state index in [9.17, 15) is 14.4 Å². The molecule has 0 aliphatic carbocycles. The Morgan fingerprint density at radius 3 is 1.96 bits per heavy atom. The van der Waals surface area contributed by atoms with Gasteiger partial charge < -0.3 is 4.90 Å². The zero-order valence-corrected chi connectivity index (χ0v) is 12.8. The van der Waals surface area contributed by atoms with Crippen LogP contribution in [0.15, 0.2) is 36.7 Å². The van der Waals surface area contributed by atoms with E-state index in [4.69, 9.17) is 0 Å². The molecule has 2 aliphatic rings. The molecule has 4 rings (SSSR count). The molecule has 7 heteroatoms. The number of hydrogen-bond acceptors (Lipinski definition) is 5. The molecule has 0 saturated carbocycles. The molecule has 2 aromatic rings. The minimum Gasteiger partial charge on any atom is -0.339 e. The van der Waals surface area contributed by atoms with Crippen molar-refractivity contribution >= 4 is 23.4 Å². The zero-order valence-electron chi connectivity index (χ0n) is 12.8. The number of likely N-dealkylation sites (tertiary alicyclic amines) is 1. The van der Waals surface area contributed by atoms with Crippen LogP contribution < -0.4 is 4.90 Å². The first-order chi connectivity index (χ1) is 11.7. The highest BCUT2D eigenvalue weighted by Gasteiger charge is 2.37. The maximum Gasteiger partial charge on any atom is 0.267 e. The molecular formula is C17H14N4O3. The van der Waals surface area contributed by atoms with E-state index in [1.807, 2.05) is 4.90 Å². The molecule has 1 aromatic carbocycles. The lowest BCUT2D eigenvalue weighted by Gasteiger charge is -2.17. The molecular weight excluding hydrogens is 308 g/mol. The minimum absolute atomic E-state index is 0.0187. The van der Waals surface area contributed by atoms with Gasteiger partial charge in [-0.15, -0.1) is 0 Å². The number of benzene rings is 1. The minimum atomic E-state index is -0.427. The van der Waals surface area contributed by atoms with E-state index in [-0.39, 0.29) is 17.0 Å². The van der Waals surface area contributed by atoms with E-state index >= 15 is 0 Å². The second-order valence-corrected chi connectivity index (χ2v) is 5.81. The molecule has 24 heavy (non-hydrogen) atoms. The first kappa shape index (κ1) is 14.5. The van der Waals surface area contributed by atoms with Crippen molar-refractivity contribution in [1.29, 1.82) is 0 Å². The normalized spacial score (nSPS) is 16.7. The van der Waals surface area contributed by atoms with Crippen molar-refractivity contribution in [2.45, 2.75) is 12.8 Å². The van der Waals surface area contributed by atoms with Gasteiger partial charge in [0.2, 0.25) is 0 Å². The fraction of sp³-hybridized carbons (Fsp3) is 0.235. The second kappa shape index (κ2) is 5.52. The van der Waals surface area contributed by atoms with E-state index in [0.29, 0.717) is 11.3 Å². The summed E-state index contributed by atoms with van der Waals surface area (Å²) in [5, 5.41) is 7.30. The zero-order chi connectivity index (χ0) is 16.7. The summed E-state index contributed by atoms with van der Waals surface area (Å²) in [5.74, 6) is -0.873. The smallest absolute Gasteiger partial charge is 0.267 e. The third kappa shape index (κ3) is 2.17. The first-order valence-electron chi connectivity index (χ1n) is 7.75. The summed E-state index contributed by atoms with van der Waals surface area (Å²) in [4.78, 5) is 40.0. The van der Waals surface area contributed by atoms with Gasteiger partial charge in [-0.2, -0.15) is 10.2 Å². The first-order valence-corrected chi connectivity index (χ1v) is 7.75. The van der Waals surface area contributed by atoms with Crippen molar-refractivity contribution in [2.75, 3.05) is 18.0 Å². The monoisotopic (exact) mass is 322 g/mol. The Hall–Kier alpha value is -3.09. The van der Waals surface area contributed by atoms with E-state index in [2.05, 4.69) is 10.2 Å². The molecule has 3 heterocycles. The number of amides is 3. The topological polar surface area (TPSA) is 83.5 Å². The highest BCUT2D eigenvalue weighted by molar-refractivity contribution is 6.34. The molecule has 0 unspecified atom stereocenters. The average molecular weight is 322 g/mol. The average Bonchev–Trinajstić information content (AvgIpc) is 3.23. The van der Waals surface area contributed by atoms with Crippen LogP contribution in [-0.4, -0.2) is 45.9 Å². The Kier molecular flexibility index (Phi) is 3.34. The molecule has 0 N–H and O–H groups in total. The lowest BCUT2D eigenvalue weighted by atomic mass is 10.1. The second-order valence-electron chi connectivity index (χ2n) is 5.81. The summed E-state index contributed by atoms with van der Waals surface area (Å²) in [6.07, 6.45) is 4.64. The van der Waals surface area contributed by atoms with Crippen LogP contribution in [0.1, 0.15) is 43.9 Å². The van der Waals surface area contributed by atoms with Crippen LogP contribution in [0, 0.1) is 0 Å². The molecule has 120 valence electrons. The summed E-state index contributed by atoms with van der Waals surface area (Å²) < 4.78 is 0. The van der Waals surface area contributed by atoms with Crippen LogP contribution in [0.3, 0.4) is 0 Å². The summed E-state index contributed by atoms with van der Waals surface area (Å²) in [5.41, 5.74) is 1.47. The molecule has 2 aliphatic heterocycles. The van der Waals surface area contributed by atoms with Gasteiger partial charge in [0.25, 0.3) is 17.7 Å². The van der Waals surface area contributed by atoms with Crippen LogP contribution in [0.4, 0.5) is 5.69 Å². The standard InChI is InChI=1S/C17H14N4O3/c22-15(20-7-1-2-8-20)11-3-5-12(6-4-11)21-16(23)13-9-18-19-10-14(13)17(21)24/h3-6,9-10H,1-2,7-8H2. The van der Waals surface area contributed by atoms with Gasteiger partial charge in [-0.3, -0.25) is 14.4 Å². The van der Waals surface area contributed by atoms with Gasteiger partial charge in [0.1, 0.15) is 0 Å². The van der Waals surface area contributed by atoms with Gasteiger partial charge in [-0.1, -0.05) is 0 Å². The van der Waals surface area contributed by atoms with Crippen molar-refractivity contribution in [3.63, 3.8) is 0 Å². The number of imide groups is 1. The predicted octanol–water partition coefficient (Wildman–Crippen LogP) is 1.51. The van der Waals surface area contributed by atoms with Gasteiger partial charge in [0, 0.05) is 18.7 Å². The Bertz CT molecular complexity index is 806. The third-order valence-corrected chi connectivity index (χ3v) is 4.36. The molecule has 3 amide bonds. The van der Waals surface area contributed by atoms with E-state index in [1.165, 1.54) is 12.4 Å². The Labute approximate surface area is 137 Å². The molecule has 1 fully saturated rings. The van der Waals surface area contributed by atoms with Crippen molar-refractivity contribution in [1.82, 2.24) is 15.1 Å². The highest BCUT2D eigenvalue weighted by atomic mass is 16.2. The maximum atomic E-state index is 12.4. The highest BCUT2D eigenvalue weighted by Crippen LogP contribution is 2.27. The molecule has 0 atom stereocenters. The number of carbonyl (C=O) groups is 3. The van der Waals surface area contributed by atoms with Gasteiger partial charge in [-0.25, -0.2) is 4.90 Å². The number of nitrogens with zero attached hydrogens (tertiary/aromatic N) is 4. The quantitative estimate of drug-likeness (QED) is 0.783. The van der Waals surface area contributed by atoms with Crippen LogP contribution >= 0.6 is 0 Å². The van der Waals surface area contributed by atoms with E-state index < -0.39 is 11.8 Å². The lowest BCUT2D eigenvalue weighted by Crippen LogP contribution is -2.30. The SMILES string of the molecule is O=C(c1ccc(N2C(=O)c3cnncc3C2=O)cc1)N1CCCC1. The number of hydrogen-bond donors (Lipinski definition) is 0. The maximum absolute atomic E-state index is 12.4. The van der Waals surface area contributed by atoms with Crippen molar-refractivity contribution in [3.8, 4) is 0 Å². The Morgan fingerprint density at radius 1 is 0.875 bits per heavy atom. The van der Waals surface area contributed by atoms with Gasteiger partial charge in [0.15, 0.2) is 0 Å². The van der Waals surface area contributed by atoms with Crippen LogP contribution in [0.2, 0.25) is 0 Å². The van der Waals surface area contributed by atoms with Crippen LogP contribution in [0.5, 0.6) is 0 Å². The number of carbonyl (C=O) groups excluding carboxylic acids is 3. The van der Waals surface area contributed by atoms with Crippen molar-refractivity contribution < 1.29 is 14.4 Å². The molecule has 0 spiro atoms. The van der Waals surface area contributed by atoms with E-state index in [1.54, 1.807) is 24.3 Å². The molecule has 0 bridgehead atoms. The van der Waals surface area contributed by atoms with E-state index in [0.717, 1.165) is 30.8 Å². The molecule has 1 aromatic heterocycles. The summed E-state index contributed by atoms with van der Waals surface area (Å²) in [7, 11) is 0. The van der Waals surface area contributed by atoms with Crippen molar-refractivity contribution in [3.05, 3.63) is 53.3 Å². The third-order valence-electron chi connectivity index (χ3n) is 4.36. The molecule has 7 nitrogen and oxygen atoms in total. The van der Waals surface area contributed by atoms with Gasteiger partial charge in [0.05, 0.1) is 29.2 Å². The van der Waals surface area contributed by atoms with Crippen molar-refractivity contribution in [2.24, 2.45) is 0 Å². The number of anilines is 1. The molecule has 1 saturated heterocycles. The predicted molar refractivity (Wildman–Crippen MR) is 84.8 cm³/mol. The molecule has 0 radical (unpaired) electrons. The Balaban J connectivity index is 1.61. The summed E-state index contributed by atoms with van der Waals surface area (Å²) >= 11 is 0. The number of rotatable bonds is 2. The fourth-order valence-electron chi connectivity index (χ4n) is 3.09. The lowest BCUT2D eigenvalue weighted by molar-refractivity contribution is 0.0792. The summed E-state index contributed by atoms with van der Waals surface area (Å²) in [6.45, 7) is 1.55.